The smallest absolute Gasteiger partial charge is 0.276 e. The number of rotatable bonds is 3. The van der Waals surface area contributed by atoms with E-state index >= 15 is 0 Å². The number of hydrogen-bond acceptors (Lipinski definition) is 5. The Kier molecular flexibility index (Phi) is 3.06. The van der Waals surface area contributed by atoms with Gasteiger partial charge >= 0.3 is 0 Å². The highest BCUT2D eigenvalue weighted by Crippen LogP contribution is 2.17. The average molecular weight is 231 g/mol. The van der Waals surface area contributed by atoms with Crippen LogP contribution in [0.4, 0.5) is 17.2 Å². The first-order valence-electron chi connectivity index (χ1n) is 5.10. The number of hydrogen-bond donors (Lipinski definition) is 4. The van der Waals surface area contributed by atoms with Crippen molar-refractivity contribution in [3.63, 3.8) is 0 Å². The van der Waals surface area contributed by atoms with Gasteiger partial charge in [-0.1, -0.05) is 12.1 Å². The summed E-state index contributed by atoms with van der Waals surface area (Å²) in [4.78, 5) is 17.6. The lowest BCUT2D eigenvalue weighted by molar-refractivity contribution is 1.07. The van der Waals surface area contributed by atoms with Crippen LogP contribution in [0.5, 0.6) is 0 Å². The van der Waals surface area contributed by atoms with Crippen molar-refractivity contribution < 1.29 is 0 Å². The highest BCUT2D eigenvalue weighted by molar-refractivity contribution is 5.67. The van der Waals surface area contributed by atoms with Gasteiger partial charge in [-0.2, -0.15) is 0 Å². The zero-order valence-corrected chi connectivity index (χ0v) is 9.10. The molecule has 0 fully saturated rings. The fraction of sp³-hybridized carbons (Fsp3) is 0.0909. The molecule has 0 saturated heterocycles. The molecule has 1 aromatic carbocycles. The number of nitrogens with zero attached hydrogens (tertiary/aromatic N) is 1. The summed E-state index contributed by atoms with van der Waals surface area (Å²) in [5.74, 6) is 0.342. The van der Waals surface area contributed by atoms with Gasteiger partial charge in [0.15, 0.2) is 5.82 Å². The number of nitrogens with one attached hydrogen (secondary N) is 2. The maximum absolute atomic E-state index is 11.3. The summed E-state index contributed by atoms with van der Waals surface area (Å²) in [5, 5.41) is 2.97. The van der Waals surface area contributed by atoms with E-state index in [0.717, 1.165) is 11.3 Å². The molecule has 2 rings (SSSR count). The SMILES string of the molecule is NCc1ccc(Nc2nc[nH]c(=O)c2N)cc1. The van der Waals surface area contributed by atoms with Crippen LogP contribution < -0.4 is 22.3 Å². The zero-order chi connectivity index (χ0) is 12.3. The van der Waals surface area contributed by atoms with E-state index < -0.39 is 0 Å². The molecule has 0 radical (unpaired) electrons. The molecule has 17 heavy (non-hydrogen) atoms. The minimum Gasteiger partial charge on any atom is -0.391 e. The van der Waals surface area contributed by atoms with Crippen LogP contribution in [0.3, 0.4) is 0 Å². The molecule has 0 atom stereocenters. The lowest BCUT2D eigenvalue weighted by Crippen LogP contribution is -2.14. The summed E-state index contributed by atoms with van der Waals surface area (Å²) in [6.07, 6.45) is 1.30. The maximum atomic E-state index is 11.3. The van der Waals surface area contributed by atoms with Gasteiger partial charge in [0.1, 0.15) is 5.69 Å². The van der Waals surface area contributed by atoms with E-state index in [1.807, 2.05) is 24.3 Å². The molecule has 1 heterocycles. The molecule has 0 amide bonds. The molecule has 0 bridgehead atoms. The third kappa shape index (κ3) is 2.43. The molecular formula is C11H13N5O. The van der Waals surface area contributed by atoms with Crippen LogP contribution in [0.25, 0.3) is 0 Å². The molecule has 6 N–H and O–H groups in total. The average Bonchev–Trinajstić information content (AvgIpc) is 2.36. The van der Waals surface area contributed by atoms with E-state index in [9.17, 15) is 4.79 Å². The van der Waals surface area contributed by atoms with Gasteiger partial charge in [-0.05, 0) is 17.7 Å². The third-order valence-corrected chi connectivity index (χ3v) is 2.34. The largest absolute Gasteiger partial charge is 0.391 e. The van der Waals surface area contributed by atoms with Crippen LogP contribution in [0.1, 0.15) is 5.56 Å². The Morgan fingerprint density at radius 2 is 2.00 bits per heavy atom. The van der Waals surface area contributed by atoms with Crippen molar-refractivity contribution in [3.05, 3.63) is 46.5 Å². The number of nitrogen functional groups attached to an aromatic ring is 1. The van der Waals surface area contributed by atoms with Crippen LogP contribution in [0, 0.1) is 0 Å². The van der Waals surface area contributed by atoms with Gasteiger partial charge in [0, 0.05) is 12.2 Å². The van der Waals surface area contributed by atoms with Gasteiger partial charge < -0.3 is 21.8 Å². The molecule has 6 nitrogen and oxygen atoms in total. The van der Waals surface area contributed by atoms with Crippen LogP contribution in [-0.4, -0.2) is 9.97 Å². The molecular weight excluding hydrogens is 218 g/mol. The lowest BCUT2D eigenvalue weighted by atomic mass is 10.2. The first-order valence-corrected chi connectivity index (χ1v) is 5.10. The van der Waals surface area contributed by atoms with Gasteiger partial charge in [-0.3, -0.25) is 4.79 Å². The van der Waals surface area contributed by atoms with Crippen molar-refractivity contribution in [2.24, 2.45) is 5.73 Å². The van der Waals surface area contributed by atoms with Crippen LogP contribution in [-0.2, 0) is 6.54 Å². The minimum absolute atomic E-state index is 0.0652. The Morgan fingerprint density at radius 3 is 2.65 bits per heavy atom. The summed E-state index contributed by atoms with van der Waals surface area (Å²) >= 11 is 0. The number of aromatic amines is 1. The normalized spacial score (nSPS) is 10.2. The molecule has 0 saturated carbocycles. The maximum Gasteiger partial charge on any atom is 0.276 e. The third-order valence-electron chi connectivity index (χ3n) is 2.34. The Bertz CT molecular complexity index is 561. The van der Waals surface area contributed by atoms with Crippen LogP contribution in [0.15, 0.2) is 35.4 Å². The van der Waals surface area contributed by atoms with Crippen molar-refractivity contribution in [3.8, 4) is 0 Å². The second-order valence-corrected chi connectivity index (χ2v) is 3.52. The summed E-state index contributed by atoms with van der Waals surface area (Å²) in [7, 11) is 0. The fourth-order valence-electron chi connectivity index (χ4n) is 1.37. The van der Waals surface area contributed by atoms with E-state index in [2.05, 4.69) is 15.3 Å². The number of anilines is 3. The van der Waals surface area contributed by atoms with E-state index in [1.165, 1.54) is 6.33 Å². The molecule has 0 spiro atoms. The Balaban J connectivity index is 2.25. The van der Waals surface area contributed by atoms with Gasteiger partial charge in [-0.15, -0.1) is 0 Å². The predicted octanol–water partition coefficient (Wildman–Crippen LogP) is 0.554. The van der Waals surface area contributed by atoms with Crippen LogP contribution in [0.2, 0.25) is 0 Å². The quantitative estimate of drug-likeness (QED) is 0.616. The second kappa shape index (κ2) is 4.67. The number of nitrogens with two attached hydrogens (primary N) is 2. The van der Waals surface area contributed by atoms with Crippen molar-refractivity contribution in [1.82, 2.24) is 9.97 Å². The summed E-state index contributed by atoms with van der Waals surface area (Å²) < 4.78 is 0. The highest BCUT2D eigenvalue weighted by Gasteiger charge is 2.04. The molecule has 6 heteroatoms. The Labute approximate surface area is 97.7 Å². The lowest BCUT2D eigenvalue weighted by Gasteiger charge is -2.07. The van der Waals surface area contributed by atoms with E-state index in [1.54, 1.807) is 0 Å². The highest BCUT2D eigenvalue weighted by atomic mass is 16.1. The number of aromatic nitrogens is 2. The summed E-state index contributed by atoms with van der Waals surface area (Å²) in [6.45, 7) is 0.492. The van der Waals surface area contributed by atoms with E-state index in [4.69, 9.17) is 11.5 Å². The first kappa shape index (κ1) is 11.2. The van der Waals surface area contributed by atoms with Gasteiger partial charge in [-0.25, -0.2) is 4.98 Å². The van der Waals surface area contributed by atoms with Gasteiger partial charge in [0.2, 0.25) is 0 Å². The summed E-state index contributed by atoms with van der Waals surface area (Å²) in [6, 6.07) is 7.49. The first-order chi connectivity index (χ1) is 8.20. The van der Waals surface area contributed by atoms with Gasteiger partial charge in [0.05, 0.1) is 6.33 Å². The van der Waals surface area contributed by atoms with Crippen molar-refractivity contribution in [1.29, 1.82) is 0 Å². The summed E-state index contributed by atoms with van der Waals surface area (Å²) in [5.41, 5.74) is 12.6. The van der Waals surface area contributed by atoms with Crippen molar-refractivity contribution in [2.75, 3.05) is 11.1 Å². The zero-order valence-electron chi connectivity index (χ0n) is 9.10. The van der Waals surface area contributed by atoms with Crippen LogP contribution >= 0.6 is 0 Å². The molecule has 88 valence electrons. The number of H-pyrrole nitrogens is 1. The predicted molar refractivity (Wildman–Crippen MR) is 66.9 cm³/mol. The molecule has 1 aromatic heterocycles. The molecule has 0 aliphatic rings. The van der Waals surface area contributed by atoms with Crippen molar-refractivity contribution >= 4 is 17.2 Å². The minimum atomic E-state index is -0.360. The molecule has 0 unspecified atom stereocenters. The van der Waals surface area contributed by atoms with Gasteiger partial charge in [0.25, 0.3) is 5.56 Å². The second-order valence-electron chi connectivity index (χ2n) is 3.52. The standard InChI is InChI=1S/C11H13N5O/c12-5-7-1-3-8(4-2-7)16-10-9(13)11(17)15-6-14-10/h1-4,6H,5,12-13H2,(H2,14,15,16,17). The van der Waals surface area contributed by atoms with Crippen molar-refractivity contribution in [2.45, 2.75) is 6.54 Å². The Morgan fingerprint density at radius 1 is 1.29 bits per heavy atom. The monoisotopic (exact) mass is 231 g/mol. The van der Waals surface area contributed by atoms with E-state index in [0.29, 0.717) is 12.4 Å². The molecule has 2 aromatic rings. The van der Waals surface area contributed by atoms with E-state index in [-0.39, 0.29) is 11.2 Å². The Hall–Kier alpha value is -2.34. The topological polar surface area (TPSA) is 110 Å². The molecule has 0 aliphatic heterocycles. The fourth-order valence-corrected chi connectivity index (χ4v) is 1.37. The number of benzene rings is 1. The molecule has 0 aliphatic carbocycles.